The molecule has 2 aliphatic heterocycles. The zero-order valence-corrected chi connectivity index (χ0v) is 13.6. The second kappa shape index (κ2) is 7.13. The van der Waals surface area contributed by atoms with Crippen LogP contribution in [0.5, 0.6) is 0 Å². The minimum Gasteiger partial charge on any atom is -0.459 e. The molecule has 1 aromatic rings. The van der Waals surface area contributed by atoms with E-state index < -0.39 is 11.5 Å². The number of hydrogen-bond acceptors (Lipinski definition) is 5. The van der Waals surface area contributed by atoms with Crippen LogP contribution in [0.4, 0.5) is 0 Å². The highest BCUT2D eigenvalue weighted by atomic mass is 16.5. The van der Waals surface area contributed by atoms with E-state index in [2.05, 4.69) is 5.32 Å². The first kappa shape index (κ1) is 16.6. The molecule has 2 saturated heterocycles. The lowest BCUT2D eigenvalue weighted by atomic mass is 9.97. The van der Waals surface area contributed by atoms with Gasteiger partial charge in [0.05, 0.1) is 6.04 Å². The number of likely N-dealkylation sites (tertiary alicyclic amines) is 1. The molecule has 0 radical (unpaired) electrons. The van der Waals surface area contributed by atoms with E-state index in [0.29, 0.717) is 25.7 Å². The number of ether oxygens (including phenoxy) is 1. The van der Waals surface area contributed by atoms with Crippen molar-refractivity contribution in [2.75, 3.05) is 13.1 Å². The monoisotopic (exact) mass is 330 g/mol. The van der Waals surface area contributed by atoms with E-state index in [9.17, 15) is 14.4 Å². The lowest BCUT2D eigenvalue weighted by Gasteiger charge is -2.33. The second-order valence-corrected chi connectivity index (χ2v) is 6.35. The van der Waals surface area contributed by atoms with Gasteiger partial charge in [-0.3, -0.25) is 4.79 Å². The maximum Gasteiger partial charge on any atom is 0.339 e. The Balaban J connectivity index is 1.72. The summed E-state index contributed by atoms with van der Waals surface area (Å²) in [6, 6.07) is 8.99. The SMILES string of the molecule is O=C[C@]1(C(=O)OCc2ccccc2)CCCN1C(=O)[C@@H]1CCCN1. The number of hydrogen-bond donors (Lipinski definition) is 1. The average molecular weight is 330 g/mol. The van der Waals surface area contributed by atoms with E-state index >= 15 is 0 Å². The van der Waals surface area contributed by atoms with Gasteiger partial charge in [0.15, 0.2) is 11.8 Å². The molecule has 0 spiro atoms. The van der Waals surface area contributed by atoms with Gasteiger partial charge in [0.2, 0.25) is 5.91 Å². The standard InChI is InChI=1S/C18H22N2O4/c21-13-18(17(23)24-12-14-6-2-1-3-7-14)9-5-11-20(18)16(22)15-8-4-10-19-15/h1-3,6-7,13,15,19H,4-5,8-12H2/t15-,18-/m0/s1. The molecule has 1 N–H and O–H groups in total. The maximum atomic E-state index is 12.7. The average Bonchev–Trinajstić information content (AvgIpc) is 3.30. The van der Waals surface area contributed by atoms with Crippen molar-refractivity contribution in [1.82, 2.24) is 10.2 Å². The van der Waals surface area contributed by atoms with Crippen molar-refractivity contribution in [2.45, 2.75) is 43.9 Å². The molecule has 2 aliphatic rings. The number of carbonyl (C=O) groups is 3. The number of benzene rings is 1. The van der Waals surface area contributed by atoms with Crippen LogP contribution < -0.4 is 5.32 Å². The summed E-state index contributed by atoms with van der Waals surface area (Å²) in [7, 11) is 0. The molecule has 24 heavy (non-hydrogen) atoms. The maximum absolute atomic E-state index is 12.7. The highest BCUT2D eigenvalue weighted by Gasteiger charge is 2.52. The van der Waals surface area contributed by atoms with Gasteiger partial charge in [-0.1, -0.05) is 30.3 Å². The van der Waals surface area contributed by atoms with E-state index in [0.717, 1.165) is 24.9 Å². The Kier molecular flexibility index (Phi) is 4.94. The smallest absolute Gasteiger partial charge is 0.339 e. The molecule has 128 valence electrons. The molecule has 3 rings (SSSR count). The van der Waals surface area contributed by atoms with Gasteiger partial charge in [0, 0.05) is 6.54 Å². The van der Waals surface area contributed by atoms with Crippen molar-refractivity contribution in [3.05, 3.63) is 35.9 Å². The molecular formula is C18H22N2O4. The van der Waals surface area contributed by atoms with Crippen LogP contribution in [0.15, 0.2) is 30.3 Å². The summed E-state index contributed by atoms with van der Waals surface area (Å²) in [5, 5.41) is 3.13. The summed E-state index contributed by atoms with van der Waals surface area (Å²) in [4.78, 5) is 38.5. The molecule has 0 aliphatic carbocycles. The second-order valence-electron chi connectivity index (χ2n) is 6.35. The van der Waals surface area contributed by atoms with E-state index in [-0.39, 0.29) is 18.6 Å². The van der Waals surface area contributed by atoms with E-state index in [1.807, 2.05) is 30.3 Å². The fraction of sp³-hybridized carbons (Fsp3) is 0.500. The number of aldehydes is 1. The van der Waals surface area contributed by atoms with Gasteiger partial charge in [-0.05, 0) is 37.8 Å². The Bertz CT molecular complexity index is 613. The van der Waals surface area contributed by atoms with Crippen LogP contribution in [-0.4, -0.2) is 47.7 Å². The molecule has 0 unspecified atom stereocenters. The predicted octanol–water partition coefficient (Wildman–Crippen LogP) is 1.04. The minimum absolute atomic E-state index is 0.0962. The van der Waals surface area contributed by atoms with Crippen molar-refractivity contribution in [2.24, 2.45) is 0 Å². The van der Waals surface area contributed by atoms with Gasteiger partial charge >= 0.3 is 5.97 Å². The van der Waals surface area contributed by atoms with Crippen LogP contribution in [-0.2, 0) is 25.7 Å². The number of carbonyl (C=O) groups excluding carboxylic acids is 3. The fourth-order valence-electron chi connectivity index (χ4n) is 3.46. The molecule has 1 aromatic carbocycles. The Morgan fingerprint density at radius 1 is 1.29 bits per heavy atom. The molecule has 2 fully saturated rings. The third-order valence-electron chi connectivity index (χ3n) is 4.81. The first-order valence-electron chi connectivity index (χ1n) is 8.40. The van der Waals surface area contributed by atoms with Crippen molar-refractivity contribution >= 4 is 18.2 Å². The third kappa shape index (κ3) is 3.06. The molecule has 2 heterocycles. The van der Waals surface area contributed by atoms with E-state index in [4.69, 9.17) is 4.74 Å². The summed E-state index contributed by atoms with van der Waals surface area (Å²) in [6.07, 6.45) is 3.19. The Hall–Kier alpha value is -2.21. The zero-order chi connectivity index (χ0) is 17.0. The lowest BCUT2D eigenvalue weighted by Crippen LogP contribution is -2.58. The lowest BCUT2D eigenvalue weighted by molar-refractivity contribution is -0.164. The first-order chi connectivity index (χ1) is 11.7. The third-order valence-corrected chi connectivity index (χ3v) is 4.81. The van der Waals surface area contributed by atoms with Crippen LogP contribution in [0.3, 0.4) is 0 Å². The largest absolute Gasteiger partial charge is 0.459 e. The van der Waals surface area contributed by atoms with Gasteiger partial charge in [0.1, 0.15) is 6.61 Å². The quantitative estimate of drug-likeness (QED) is 0.496. The van der Waals surface area contributed by atoms with Gasteiger partial charge in [-0.25, -0.2) is 4.79 Å². The molecule has 0 aromatic heterocycles. The molecular weight excluding hydrogens is 308 g/mol. The van der Waals surface area contributed by atoms with Crippen molar-refractivity contribution < 1.29 is 19.1 Å². The topological polar surface area (TPSA) is 75.7 Å². The van der Waals surface area contributed by atoms with E-state index in [1.165, 1.54) is 4.90 Å². The number of amides is 1. The Morgan fingerprint density at radius 3 is 2.75 bits per heavy atom. The molecule has 0 bridgehead atoms. The van der Waals surface area contributed by atoms with Crippen molar-refractivity contribution in [1.29, 1.82) is 0 Å². The van der Waals surface area contributed by atoms with Crippen LogP contribution in [0.2, 0.25) is 0 Å². The van der Waals surface area contributed by atoms with Crippen molar-refractivity contribution in [3.63, 3.8) is 0 Å². The van der Waals surface area contributed by atoms with Crippen LogP contribution in [0.25, 0.3) is 0 Å². The van der Waals surface area contributed by atoms with Crippen molar-refractivity contribution in [3.8, 4) is 0 Å². The van der Waals surface area contributed by atoms with Crippen LogP contribution >= 0.6 is 0 Å². The normalized spacial score (nSPS) is 26.3. The van der Waals surface area contributed by atoms with Gasteiger partial charge in [-0.15, -0.1) is 0 Å². The number of rotatable bonds is 5. The molecule has 2 atom stereocenters. The Morgan fingerprint density at radius 2 is 2.08 bits per heavy atom. The fourth-order valence-corrected chi connectivity index (χ4v) is 3.46. The predicted molar refractivity (Wildman–Crippen MR) is 87.0 cm³/mol. The summed E-state index contributed by atoms with van der Waals surface area (Å²) in [5.74, 6) is -0.807. The number of nitrogens with zero attached hydrogens (tertiary/aromatic N) is 1. The molecule has 6 nitrogen and oxygen atoms in total. The highest BCUT2D eigenvalue weighted by Crippen LogP contribution is 2.31. The van der Waals surface area contributed by atoms with Crippen LogP contribution in [0, 0.1) is 0 Å². The molecule has 0 saturated carbocycles. The summed E-state index contributed by atoms with van der Waals surface area (Å²) in [6.45, 7) is 1.30. The van der Waals surface area contributed by atoms with Gasteiger partial charge in [0.25, 0.3) is 0 Å². The molecule has 6 heteroatoms. The first-order valence-corrected chi connectivity index (χ1v) is 8.40. The van der Waals surface area contributed by atoms with Gasteiger partial charge in [-0.2, -0.15) is 0 Å². The molecule has 1 amide bonds. The van der Waals surface area contributed by atoms with E-state index in [1.54, 1.807) is 0 Å². The Labute approximate surface area is 141 Å². The number of esters is 1. The van der Waals surface area contributed by atoms with Crippen LogP contribution in [0.1, 0.15) is 31.2 Å². The summed E-state index contributed by atoms with van der Waals surface area (Å²) >= 11 is 0. The summed E-state index contributed by atoms with van der Waals surface area (Å²) < 4.78 is 5.36. The summed E-state index contributed by atoms with van der Waals surface area (Å²) in [5.41, 5.74) is -0.629. The number of nitrogens with one attached hydrogen (secondary N) is 1. The highest BCUT2D eigenvalue weighted by molar-refractivity contribution is 6.03. The zero-order valence-electron chi connectivity index (χ0n) is 13.6. The minimum atomic E-state index is -1.48. The van der Waals surface area contributed by atoms with Gasteiger partial charge < -0.3 is 19.7 Å².